The van der Waals surface area contributed by atoms with E-state index in [0.717, 1.165) is 18.6 Å². The van der Waals surface area contributed by atoms with Crippen molar-refractivity contribution in [1.82, 2.24) is 0 Å². The van der Waals surface area contributed by atoms with Gasteiger partial charge in [0.25, 0.3) is 0 Å². The minimum absolute atomic E-state index is 0.570. The predicted octanol–water partition coefficient (Wildman–Crippen LogP) is 5.78. The molecule has 0 saturated carbocycles. The lowest BCUT2D eigenvalue weighted by Crippen LogP contribution is -2.33. The van der Waals surface area contributed by atoms with Gasteiger partial charge >= 0.3 is 0 Å². The van der Waals surface area contributed by atoms with Crippen molar-refractivity contribution < 1.29 is 4.74 Å². The van der Waals surface area contributed by atoms with Gasteiger partial charge in [0.2, 0.25) is 0 Å². The molecule has 0 heterocycles. The maximum absolute atomic E-state index is 5.87. The van der Waals surface area contributed by atoms with E-state index in [0.29, 0.717) is 18.0 Å². The lowest BCUT2D eigenvalue weighted by molar-refractivity contribution is 0.305. The minimum Gasteiger partial charge on any atom is -0.494 e. The fourth-order valence-electron chi connectivity index (χ4n) is 4.52. The summed E-state index contributed by atoms with van der Waals surface area (Å²) in [5.74, 6) is 0.786. The molecule has 0 aliphatic heterocycles. The van der Waals surface area contributed by atoms with Crippen molar-refractivity contribution in [3.05, 3.63) is 109 Å². The van der Waals surface area contributed by atoms with Gasteiger partial charge in [0, 0.05) is 6.07 Å². The molecule has 0 aliphatic carbocycles. The number of hydrogen-bond acceptors (Lipinski definition) is 3. The second-order valence-corrected chi connectivity index (χ2v) is 12.2. The van der Waals surface area contributed by atoms with Gasteiger partial charge in [-0.2, -0.15) is 0 Å². The molecule has 0 aromatic heterocycles. The van der Waals surface area contributed by atoms with Crippen molar-refractivity contribution in [3.63, 3.8) is 0 Å². The van der Waals surface area contributed by atoms with Gasteiger partial charge in [-0.25, -0.2) is 0 Å². The Labute approximate surface area is 204 Å². The first kappa shape index (κ1) is 23.9. The Morgan fingerprint density at radius 1 is 0.529 bits per heavy atom. The summed E-state index contributed by atoms with van der Waals surface area (Å²) >= 11 is 0. The van der Waals surface area contributed by atoms with E-state index < -0.39 is 7.26 Å². The van der Waals surface area contributed by atoms with Crippen LogP contribution in [0.3, 0.4) is 0 Å². The topological polar surface area (TPSA) is 61.3 Å². The number of nitrogen functional groups attached to an aromatic ring is 2. The highest BCUT2D eigenvalue weighted by Crippen LogP contribution is 2.55. The normalized spacial score (nSPS) is 11.3. The molecule has 0 radical (unpaired) electrons. The van der Waals surface area contributed by atoms with Crippen molar-refractivity contribution >= 4 is 34.6 Å². The van der Waals surface area contributed by atoms with Crippen LogP contribution in [-0.2, 0) is 0 Å². The van der Waals surface area contributed by atoms with E-state index in [-0.39, 0.29) is 0 Å². The molecule has 0 atom stereocenters. The van der Waals surface area contributed by atoms with Crippen LogP contribution in [0.25, 0.3) is 0 Å². The second-order valence-electron chi connectivity index (χ2n) is 8.59. The standard InChI is InChI=1S/C30H34N2OP/c31-29-21-20-25(24-30(29)32)33-22-12-1-2-13-23-34(26-14-6-3-7-15-26,27-16-8-4-9-17-27)28-18-10-5-11-19-28/h3-11,14-21,24H,1-2,12-13,22-23,31-32H2/q+1. The molecule has 0 bridgehead atoms. The van der Waals surface area contributed by atoms with Crippen LogP contribution in [0.1, 0.15) is 25.7 Å². The van der Waals surface area contributed by atoms with Crippen molar-refractivity contribution in [2.24, 2.45) is 0 Å². The van der Waals surface area contributed by atoms with Gasteiger partial charge in [0.1, 0.15) is 28.9 Å². The number of hydrogen-bond donors (Lipinski definition) is 2. The van der Waals surface area contributed by atoms with Gasteiger partial charge in [-0.3, -0.25) is 0 Å². The summed E-state index contributed by atoms with van der Waals surface area (Å²) in [6, 6.07) is 38.8. The third-order valence-corrected chi connectivity index (χ3v) is 10.8. The predicted molar refractivity (Wildman–Crippen MR) is 149 cm³/mol. The number of rotatable bonds is 11. The SMILES string of the molecule is Nc1ccc(OCCCCCC[P+](c2ccccc2)(c2ccccc2)c2ccccc2)cc1N. The Balaban J connectivity index is 1.44. The fourth-order valence-corrected chi connectivity index (χ4v) is 8.93. The molecule has 4 N–H and O–H groups in total. The highest BCUT2D eigenvalue weighted by Gasteiger charge is 2.44. The monoisotopic (exact) mass is 469 g/mol. The van der Waals surface area contributed by atoms with Crippen molar-refractivity contribution in [2.75, 3.05) is 24.2 Å². The van der Waals surface area contributed by atoms with Crippen LogP contribution in [0.4, 0.5) is 11.4 Å². The molecule has 0 amide bonds. The van der Waals surface area contributed by atoms with Crippen molar-refractivity contribution in [2.45, 2.75) is 25.7 Å². The molecular weight excluding hydrogens is 435 g/mol. The summed E-state index contributed by atoms with van der Waals surface area (Å²) in [4.78, 5) is 0. The third-order valence-electron chi connectivity index (χ3n) is 6.31. The summed E-state index contributed by atoms with van der Waals surface area (Å²) in [5, 5.41) is 4.37. The first-order chi connectivity index (χ1) is 16.7. The Morgan fingerprint density at radius 3 is 1.53 bits per heavy atom. The molecule has 0 spiro atoms. The lowest BCUT2D eigenvalue weighted by atomic mass is 10.2. The van der Waals surface area contributed by atoms with Gasteiger partial charge in [-0.1, -0.05) is 54.6 Å². The highest BCUT2D eigenvalue weighted by atomic mass is 31.2. The van der Waals surface area contributed by atoms with Crippen LogP contribution in [-0.4, -0.2) is 12.8 Å². The van der Waals surface area contributed by atoms with Crippen LogP contribution in [0.2, 0.25) is 0 Å². The van der Waals surface area contributed by atoms with E-state index in [9.17, 15) is 0 Å². The van der Waals surface area contributed by atoms with Gasteiger partial charge in [-0.15, -0.1) is 0 Å². The molecule has 0 unspecified atom stereocenters. The largest absolute Gasteiger partial charge is 0.494 e. The summed E-state index contributed by atoms with van der Waals surface area (Å²) in [7, 11) is -1.72. The average Bonchev–Trinajstić information content (AvgIpc) is 2.89. The maximum Gasteiger partial charge on any atom is 0.121 e. The summed E-state index contributed by atoms with van der Waals surface area (Å²) in [6.45, 7) is 0.694. The lowest BCUT2D eigenvalue weighted by Gasteiger charge is -2.27. The fraction of sp³-hybridized carbons (Fsp3) is 0.200. The van der Waals surface area contributed by atoms with E-state index in [1.807, 2.05) is 6.07 Å². The van der Waals surface area contributed by atoms with Gasteiger partial charge in [0.15, 0.2) is 0 Å². The van der Waals surface area contributed by atoms with Crippen LogP contribution < -0.4 is 32.1 Å². The first-order valence-electron chi connectivity index (χ1n) is 12.0. The highest BCUT2D eigenvalue weighted by molar-refractivity contribution is 7.95. The Morgan fingerprint density at radius 2 is 1.03 bits per heavy atom. The molecular formula is C30H34N2OP+. The zero-order valence-electron chi connectivity index (χ0n) is 19.6. The first-order valence-corrected chi connectivity index (χ1v) is 14.0. The Bertz CT molecular complexity index is 1050. The quantitative estimate of drug-likeness (QED) is 0.166. The van der Waals surface area contributed by atoms with Gasteiger partial charge in [-0.05, 0) is 74.2 Å². The third kappa shape index (κ3) is 5.61. The van der Waals surface area contributed by atoms with Crippen LogP contribution in [0.15, 0.2) is 109 Å². The zero-order chi connectivity index (χ0) is 23.6. The van der Waals surface area contributed by atoms with E-state index >= 15 is 0 Å². The van der Waals surface area contributed by atoms with E-state index in [4.69, 9.17) is 16.2 Å². The van der Waals surface area contributed by atoms with Gasteiger partial charge < -0.3 is 16.2 Å². The van der Waals surface area contributed by atoms with E-state index in [2.05, 4.69) is 91.0 Å². The molecule has 0 fully saturated rings. The number of unbranched alkanes of at least 4 members (excludes halogenated alkanes) is 3. The summed E-state index contributed by atoms with van der Waals surface area (Å²) < 4.78 is 5.87. The average molecular weight is 470 g/mol. The summed E-state index contributed by atoms with van der Waals surface area (Å²) in [5.41, 5.74) is 12.8. The second kappa shape index (κ2) is 11.7. The number of benzene rings is 4. The molecule has 0 aliphatic rings. The molecule has 0 saturated heterocycles. The van der Waals surface area contributed by atoms with E-state index in [1.54, 1.807) is 12.1 Å². The van der Waals surface area contributed by atoms with Gasteiger partial charge in [0.05, 0.1) is 24.1 Å². The molecule has 34 heavy (non-hydrogen) atoms. The Kier molecular flexibility index (Phi) is 8.22. The minimum atomic E-state index is -1.72. The van der Waals surface area contributed by atoms with Crippen LogP contribution in [0, 0.1) is 0 Å². The number of nitrogens with two attached hydrogens (primary N) is 2. The van der Waals surface area contributed by atoms with Crippen molar-refractivity contribution in [3.8, 4) is 5.75 Å². The van der Waals surface area contributed by atoms with E-state index in [1.165, 1.54) is 34.9 Å². The molecule has 174 valence electrons. The maximum atomic E-state index is 5.87. The summed E-state index contributed by atoms with van der Waals surface area (Å²) in [6.07, 6.45) is 5.70. The molecule has 3 nitrogen and oxygen atoms in total. The smallest absolute Gasteiger partial charge is 0.121 e. The molecule has 4 aromatic carbocycles. The number of anilines is 2. The van der Waals surface area contributed by atoms with Crippen molar-refractivity contribution in [1.29, 1.82) is 0 Å². The molecule has 4 rings (SSSR count). The van der Waals surface area contributed by atoms with Crippen LogP contribution >= 0.6 is 7.26 Å². The number of ether oxygens (including phenoxy) is 1. The zero-order valence-corrected chi connectivity index (χ0v) is 20.5. The Hall–Kier alpha value is -3.29. The van der Waals surface area contributed by atoms with Crippen LogP contribution in [0.5, 0.6) is 5.75 Å². The molecule has 4 aromatic rings. The molecule has 4 heteroatoms.